The fourth-order valence-electron chi connectivity index (χ4n) is 4.05. The Bertz CT molecular complexity index is 680. The molecule has 0 amide bonds. The minimum absolute atomic E-state index is 0.0871. The maximum atomic E-state index is 13.0. The van der Waals surface area contributed by atoms with Crippen LogP contribution in [0.2, 0.25) is 0 Å². The fraction of sp³-hybridized carbons (Fsp3) is 0.550. The highest BCUT2D eigenvalue weighted by Gasteiger charge is 2.40. The molecule has 6 heteroatoms. The molecular formula is C20H27BF2NOP. The number of hydrogen-bond acceptors (Lipinski definition) is 2. The third kappa shape index (κ3) is 4.54. The molecule has 1 aromatic carbocycles. The van der Waals surface area contributed by atoms with E-state index >= 15 is 0 Å². The minimum Gasteiger partial charge on any atom is -0.330 e. The van der Waals surface area contributed by atoms with Gasteiger partial charge in [0.2, 0.25) is 0 Å². The Kier molecular flexibility index (Phi) is 7.40. The largest absolute Gasteiger partial charge is 0.330 e. The molecule has 1 N–H and O–H groups in total. The van der Waals surface area contributed by atoms with Crippen LogP contribution in [0.15, 0.2) is 35.4 Å². The van der Waals surface area contributed by atoms with Crippen molar-refractivity contribution in [3.63, 3.8) is 0 Å². The van der Waals surface area contributed by atoms with E-state index in [4.69, 9.17) is 7.57 Å². The summed E-state index contributed by atoms with van der Waals surface area (Å²) in [7, 11) is 5.08. The van der Waals surface area contributed by atoms with Crippen LogP contribution in [0.4, 0.5) is 14.5 Å². The van der Waals surface area contributed by atoms with Gasteiger partial charge in [-0.15, -0.1) is 0 Å². The Hall–Kier alpha value is -1.22. The first kappa shape index (κ1) is 21.1. The van der Waals surface area contributed by atoms with Crippen molar-refractivity contribution in [2.75, 3.05) is 5.32 Å². The van der Waals surface area contributed by atoms with E-state index in [1.54, 1.807) is 12.1 Å². The number of anilines is 1. The first-order valence-electron chi connectivity index (χ1n) is 9.22. The molecule has 4 unspecified atom stereocenters. The second kappa shape index (κ2) is 9.13. The zero-order valence-electron chi connectivity index (χ0n) is 15.9. The number of carbonyl (C=O) groups is 1. The second-order valence-corrected chi connectivity index (χ2v) is 8.92. The third-order valence-electron chi connectivity index (χ3n) is 5.46. The Morgan fingerprint density at radius 1 is 1.38 bits per heavy atom. The van der Waals surface area contributed by atoms with Crippen LogP contribution in [-0.2, 0) is 0 Å². The summed E-state index contributed by atoms with van der Waals surface area (Å²) < 4.78 is 25.1. The molecule has 1 aromatic rings. The van der Waals surface area contributed by atoms with E-state index in [-0.39, 0.29) is 16.9 Å². The minimum atomic E-state index is -2.66. The van der Waals surface area contributed by atoms with Gasteiger partial charge in [0.05, 0.1) is 0 Å². The zero-order chi connectivity index (χ0) is 19.4. The maximum absolute atomic E-state index is 13.0. The van der Waals surface area contributed by atoms with Gasteiger partial charge in [-0.2, -0.15) is 8.78 Å². The quantitative estimate of drug-likeness (QED) is 0.266. The SMILES string of the molecule is [B]P(C(=O)c1cccc(NC(F)F)c1)C1CC(C)C(CC)/C1=C(/C)CC. The summed E-state index contributed by atoms with van der Waals surface area (Å²) in [4.78, 5) is 13.0. The van der Waals surface area contributed by atoms with Gasteiger partial charge >= 0.3 is 6.55 Å². The summed E-state index contributed by atoms with van der Waals surface area (Å²) >= 11 is 0. The molecule has 2 nitrogen and oxygen atoms in total. The Morgan fingerprint density at radius 2 is 2.08 bits per heavy atom. The smallest absolute Gasteiger partial charge is 0.312 e. The van der Waals surface area contributed by atoms with Gasteiger partial charge in [-0.1, -0.05) is 51.9 Å². The first-order chi connectivity index (χ1) is 12.3. The molecule has 26 heavy (non-hydrogen) atoms. The van der Waals surface area contributed by atoms with Gasteiger partial charge in [-0.3, -0.25) is 4.79 Å². The average Bonchev–Trinajstić information content (AvgIpc) is 2.95. The lowest BCUT2D eigenvalue weighted by atomic mass is 9.89. The Labute approximate surface area is 157 Å². The molecule has 0 saturated heterocycles. The standard InChI is InChI=1S/C20H27BF2NOP/c1-5-12(3)18-16(6-2)13(4)10-17(18)26(21)19(25)14-8-7-9-15(11-14)24-20(22)23/h7-9,11,13,16-17,20,24H,5-6,10H2,1-4H3/b18-12+. The van der Waals surface area contributed by atoms with Crippen molar-refractivity contribution in [2.45, 2.75) is 59.2 Å². The van der Waals surface area contributed by atoms with Crippen LogP contribution in [0.1, 0.15) is 57.3 Å². The topological polar surface area (TPSA) is 29.1 Å². The molecule has 0 aliphatic heterocycles. The van der Waals surface area contributed by atoms with E-state index < -0.39 is 14.3 Å². The molecule has 0 aromatic heterocycles. The summed E-state index contributed by atoms with van der Waals surface area (Å²) in [6.07, 6.45) is 2.93. The molecule has 1 saturated carbocycles. The predicted octanol–water partition coefficient (Wildman–Crippen LogP) is 6.19. The monoisotopic (exact) mass is 377 g/mol. The molecule has 0 bridgehead atoms. The Morgan fingerprint density at radius 3 is 2.65 bits per heavy atom. The molecule has 0 spiro atoms. The lowest BCUT2D eigenvalue weighted by Crippen LogP contribution is -2.14. The highest BCUT2D eigenvalue weighted by molar-refractivity contribution is 7.96. The van der Waals surface area contributed by atoms with E-state index in [1.807, 2.05) is 5.32 Å². The lowest BCUT2D eigenvalue weighted by molar-refractivity contribution is 0.108. The number of benzene rings is 1. The van der Waals surface area contributed by atoms with Crippen molar-refractivity contribution in [1.29, 1.82) is 0 Å². The highest BCUT2D eigenvalue weighted by Crippen LogP contribution is 2.55. The van der Waals surface area contributed by atoms with Gasteiger partial charge < -0.3 is 5.32 Å². The number of carbonyl (C=O) groups excluding carboxylic acids is 1. The average molecular weight is 377 g/mol. The van der Waals surface area contributed by atoms with Gasteiger partial charge in [0, 0.05) is 11.3 Å². The van der Waals surface area contributed by atoms with Crippen LogP contribution < -0.4 is 5.32 Å². The van der Waals surface area contributed by atoms with Crippen molar-refractivity contribution in [3.05, 3.63) is 41.0 Å². The molecule has 0 heterocycles. The van der Waals surface area contributed by atoms with Gasteiger partial charge in [-0.25, -0.2) is 0 Å². The van der Waals surface area contributed by atoms with Crippen molar-refractivity contribution in [3.8, 4) is 0 Å². The summed E-state index contributed by atoms with van der Waals surface area (Å²) in [5.74, 6) is 0.989. The van der Waals surface area contributed by atoms with Gasteiger partial charge in [0.25, 0.3) is 0 Å². The summed E-state index contributed by atoms with van der Waals surface area (Å²) in [6.45, 7) is 6.03. The summed E-state index contributed by atoms with van der Waals surface area (Å²) in [6, 6.07) is 6.27. The molecule has 2 rings (SSSR count). The van der Waals surface area contributed by atoms with Gasteiger partial charge in [0.15, 0.2) is 5.52 Å². The molecule has 4 atom stereocenters. The zero-order valence-corrected chi connectivity index (χ0v) is 16.8. The molecule has 1 fully saturated rings. The van der Waals surface area contributed by atoms with E-state index in [2.05, 4.69) is 27.7 Å². The van der Waals surface area contributed by atoms with Crippen molar-refractivity contribution in [1.82, 2.24) is 0 Å². The van der Waals surface area contributed by atoms with Crippen molar-refractivity contribution < 1.29 is 13.6 Å². The van der Waals surface area contributed by atoms with Crippen LogP contribution in [0.25, 0.3) is 0 Å². The number of alkyl halides is 2. The third-order valence-corrected chi connectivity index (χ3v) is 7.35. The number of rotatable bonds is 7. The second-order valence-electron chi connectivity index (χ2n) is 7.07. The van der Waals surface area contributed by atoms with Crippen LogP contribution in [0.3, 0.4) is 0 Å². The Balaban J connectivity index is 2.29. The van der Waals surface area contributed by atoms with Crippen LogP contribution in [0, 0.1) is 11.8 Å². The molecule has 2 radical (unpaired) electrons. The van der Waals surface area contributed by atoms with Crippen molar-refractivity contribution in [2.24, 2.45) is 11.8 Å². The molecule has 1 aliphatic rings. The van der Waals surface area contributed by atoms with Crippen LogP contribution >= 0.6 is 7.80 Å². The number of hydrogen-bond donors (Lipinski definition) is 1. The lowest BCUT2D eigenvalue weighted by Gasteiger charge is -2.25. The first-order valence-corrected chi connectivity index (χ1v) is 10.7. The molecule has 140 valence electrons. The van der Waals surface area contributed by atoms with E-state index in [9.17, 15) is 13.6 Å². The maximum Gasteiger partial charge on any atom is 0.312 e. The van der Waals surface area contributed by atoms with Crippen LogP contribution in [-0.4, -0.2) is 25.3 Å². The fourth-order valence-corrected chi connectivity index (χ4v) is 6.04. The predicted molar refractivity (Wildman–Crippen MR) is 107 cm³/mol. The van der Waals surface area contributed by atoms with Gasteiger partial charge in [0.1, 0.15) is 7.57 Å². The summed E-state index contributed by atoms with van der Waals surface area (Å²) in [5.41, 5.74) is 3.32. The van der Waals surface area contributed by atoms with E-state index in [0.29, 0.717) is 17.4 Å². The number of halogens is 2. The van der Waals surface area contributed by atoms with Crippen molar-refractivity contribution >= 4 is 26.6 Å². The molecular weight excluding hydrogens is 350 g/mol. The normalized spacial score (nSPS) is 26.0. The van der Waals surface area contributed by atoms with Crippen LogP contribution in [0.5, 0.6) is 0 Å². The molecule has 1 aliphatic carbocycles. The van der Waals surface area contributed by atoms with Gasteiger partial charge in [-0.05, 0) is 55.8 Å². The number of allylic oxidation sites excluding steroid dienone is 2. The number of nitrogens with one attached hydrogen (secondary N) is 1. The highest BCUT2D eigenvalue weighted by atomic mass is 31.1. The van der Waals surface area contributed by atoms with E-state index in [1.165, 1.54) is 23.3 Å². The summed E-state index contributed by atoms with van der Waals surface area (Å²) in [5, 5.41) is 2.04. The van der Waals surface area contributed by atoms with E-state index in [0.717, 1.165) is 19.3 Å².